The molecule has 1 aliphatic carbocycles. The second-order valence-corrected chi connectivity index (χ2v) is 9.64. The topological polar surface area (TPSA) is 122 Å². The molecule has 210 valence electrons. The van der Waals surface area contributed by atoms with Gasteiger partial charge in [-0.05, 0) is 55.3 Å². The van der Waals surface area contributed by atoms with Gasteiger partial charge >= 0.3 is 0 Å². The highest BCUT2D eigenvalue weighted by Gasteiger charge is 2.26. The third kappa shape index (κ3) is 4.94. The first-order valence-corrected chi connectivity index (χ1v) is 13.3. The Morgan fingerprint density at radius 1 is 0.881 bits per heavy atom. The largest absolute Gasteiger partial charge is 0.493 e. The molecular formula is C32H26N4O6. The average molecular weight is 563 g/mol. The highest BCUT2D eigenvalue weighted by atomic mass is 16.5. The number of amides is 1. The highest BCUT2D eigenvalue weighted by Crippen LogP contribution is 2.36. The molecule has 42 heavy (non-hydrogen) atoms. The second kappa shape index (κ2) is 11.2. The maximum Gasteiger partial charge on any atom is 0.268 e. The van der Waals surface area contributed by atoms with Crippen LogP contribution in [0.25, 0.3) is 16.6 Å². The van der Waals surface area contributed by atoms with Crippen molar-refractivity contribution in [3.05, 3.63) is 106 Å². The van der Waals surface area contributed by atoms with Crippen LogP contribution in [0, 0.1) is 0 Å². The predicted molar refractivity (Wildman–Crippen MR) is 156 cm³/mol. The molecule has 0 spiro atoms. The first-order valence-electron chi connectivity index (χ1n) is 13.3. The van der Waals surface area contributed by atoms with Crippen LogP contribution in [0.15, 0.2) is 83.9 Å². The van der Waals surface area contributed by atoms with Gasteiger partial charge in [-0.1, -0.05) is 18.2 Å². The van der Waals surface area contributed by atoms with Crippen LogP contribution in [0.3, 0.4) is 0 Å². The Balaban J connectivity index is 1.27. The number of nitrogens with zero attached hydrogens (tertiary/aromatic N) is 3. The van der Waals surface area contributed by atoms with Crippen LogP contribution in [0.1, 0.15) is 39.3 Å². The number of Topliss-reactive ketones (excluding diaryl/α,β-unsaturated/α-hetero) is 1. The van der Waals surface area contributed by atoms with Crippen molar-refractivity contribution in [3.63, 3.8) is 0 Å². The summed E-state index contributed by atoms with van der Waals surface area (Å²) in [6.07, 6.45) is 4.68. The first-order chi connectivity index (χ1) is 20.5. The molecule has 3 aromatic heterocycles. The molecule has 0 bridgehead atoms. The normalized spacial score (nSPS) is 12.5. The van der Waals surface area contributed by atoms with Crippen LogP contribution in [-0.2, 0) is 6.42 Å². The fraction of sp³-hybridized carbons (Fsp3) is 0.156. The zero-order valence-corrected chi connectivity index (χ0v) is 22.9. The SMILES string of the molecule is COc1cc2nccc(Oc3ccc(NC(=O)c4cc5c(n(-c6ccccc6)c4=O)CCCC5=O)nc3)c2cc1OC. The van der Waals surface area contributed by atoms with Crippen LogP contribution in [0.5, 0.6) is 23.0 Å². The fourth-order valence-electron chi connectivity index (χ4n) is 5.07. The summed E-state index contributed by atoms with van der Waals surface area (Å²) in [5.41, 5.74) is 1.64. The molecule has 3 heterocycles. The van der Waals surface area contributed by atoms with Gasteiger partial charge in [-0.3, -0.25) is 23.9 Å². The Morgan fingerprint density at radius 2 is 1.67 bits per heavy atom. The number of methoxy groups -OCH3 is 2. The maximum absolute atomic E-state index is 13.6. The molecule has 0 saturated heterocycles. The van der Waals surface area contributed by atoms with Crippen molar-refractivity contribution in [1.29, 1.82) is 0 Å². The Hall–Kier alpha value is -5.51. The van der Waals surface area contributed by atoms with Gasteiger partial charge in [-0.25, -0.2) is 4.98 Å². The molecule has 5 aromatic rings. The molecule has 10 nitrogen and oxygen atoms in total. The monoisotopic (exact) mass is 562 g/mol. The van der Waals surface area contributed by atoms with Crippen LogP contribution >= 0.6 is 0 Å². The number of aromatic nitrogens is 3. The molecule has 0 saturated carbocycles. The molecule has 0 aliphatic heterocycles. The minimum absolute atomic E-state index is 0.0886. The first kappa shape index (κ1) is 26.7. The number of ether oxygens (including phenoxy) is 3. The highest BCUT2D eigenvalue weighted by molar-refractivity contribution is 6.06. The number of pyridine rings is 3. The number of para-hydroxylation sites is 1. The van der Waals surface area contributed by atoms with Crippen molar-refractivity contribution in [2.45, 2.75) is 19.3 Å². The van der Waals surface area contributed by atoms with Gasteiger partial charge in [0, 0.05) is 41.0 Å². The Kier molecular flexibility index (Phi) is 7.10. The zero-order valence-electron chi connectivity index (χ0n) is 22.9. The zero-order chi connectivity index (χ0) is 29.2. The molecule has 10 heteroatoms. The van der Waals surface area contributed by atoms with Crippen molar-refractivity contribution in [2.75, 3.05) is 19.5 Å². The predicted octanol–water partition coefficient (Wildman–Crippen LogP) is 5.36. The van der Waals surface area contributed by atoms with Crippen molar-refractivity contribution in [2.24, 2.45) is 0 Å². The molecule has 0 atom stereocenters. The van der Waals surface area contributed by atoms with E-state index >= 15 is 0 Å². The molecule has 0 unspecified atom stereocenters. The summed E-state index contributed by atoms with van der Waals surface area (Å²) in [4.78, 5) is 48.3. The van der Waals surface area contributed by atoms with E-state index in [-0.39, 0.29) is 17.2 Å². The third-order valence-electron chi connectivity index (χ3n) is 7.09. The number of carbonyl (C=O) groups excluding carboxylic acids is 2. The summed E-state index contributed by atoms with van der Waals surface area (Å²) in [6.45, 7) is 0. The number of hydrogen-bond donors (Lipinski definition) is 1. The van der Waals surface area contributed by atoms with Crippen LogP contribution in [0.4, 0.5) is 5.82 Å². The van der Waals surface area contributed by atoms with E-state index < -0.39 is 11.5 Å². The van der Waals surface area contributed by atoms with Gasteiger partial charge < -0.3 is 19.5 Å². The number of rotatable bonds is 7. The average Bonchev–Trinajstić information content (AvgIpc) is 3.01. The smallest absolute Gasteiger partial charge is 0.268 e. The van der Waals surface area contributed by atoms with Crippen LogP contribution in [-0.4, -0.2) is 40.4 Å². The van der Waals surface area contributed by atoms with E-state index in [1.54, 1.807) is 75.0 Å². The molecule has 1 aliphatic rings. The van der Waals surface area contributed by atoms with Crippen LogP contribution < -0.4 is 25.1 Å². The summed E-state index contributed by atoms with van der Waals surface area (Å²) in [6, 6.07) is 18.9. The number of nitrogens with one attached hydrogen (secondary N) is 1. The lowest BCUT2D eigenvalue weighted by Crippen LogP contribution is -2.33. The third-order valence-corrected chi connectivity index (χ3v) is 7.09. The standard InChI is InChI=1S/C32H26N4O6/c1-40-28-16-21-24(17-29(28)41-2)33-14-13-27(21)42-20-11-12-30(34-18-20)35-31(38)23-15-22-25(9-6-10-26(22)37)36(32(23)39)19-7-4-3-5-8-19/h3-5,7-8,11-18H,6,9-10H2,1-2H3,(H,34,35,38). The quantitative estimate of drug-likeness (QED) is 0.281. The van der Waals surface area contributed by atoms with Gasteiger partial charge in [0.1, 0.15) is 22.9 Å². The van der Waals surface area contributed by atoms with Gasteiger partial charge in [0.05, 0.1) is 25.9 Å². The molecule has 2 aromatic carbocycles. The van der Waals surface area contributed by atoms with Gasteiger partial charge in [0.2, 0.25) is 0 Å². The summed E-state index contributed by atoms with van der Waals surface area (Å²) in [5, 5.41) is 3.39. The van der Waals surface area contributed by atoms with E-state index in [1.807, 2.05) is 6.07 Å². The van der Waals surface area contributed by atoms with E-state index in [2.05, 4.69) is 15.3 Å². The van der Waals surface area contributed by atoms with Gasteiger partial charge in [0.25, 0.3) is 11.5 Å². The van der Waals surface area contributed by atoms with Gasteiger partial charge in [-0.2, -0.15) is 0 Å². The Morgan fingerprint density at radius 3 is 2.40 bits per heavy atom. The molecular weight excluding hydrogens is 536 g/mol. The minimum atomic E-state index is -0.659. The summed E-state index contributed by atoms with van der Waals surface area (Å²) < 4.78 is 18.3. The Bertz CT molecular complexity index is 1880. The lowest BCUT2D eigenvalue weighted by Gasteiger charge is -2.21. The van der Waals surface area contributed by atoms with E-state index in [1.165, 1.54) is 16.8 Å². The molecule has 1 amide bonds. The second-order valence-electron chi connectivity index (χ2n) is 9.64. The molecule has 0 radical (unpaired) electrons. The number of ketones is 1. The minimum Gasteiger partial charge on any atom is -0.493 e. The molecule has 6 rings (SSSR count). The van der Waals surface area contributed by atoms with E-state index in [0.29, 0.717) is 70.1 Å². The number of hydrogen-bond acceptors (Lipinski definition) is 8. The van der Waals surface area contributed by atoms with E-state index in [0.717, 1.165) is 0 Å². The van der Waals surface area contributed by atoms with Gasteiger partial charge in [-0.15, -0.1) is 0 Å². The Labute approximate surface area is 240 Å². The lowest BCUT2D eigenvalue weighted by atomic mass is 9.92. The van der Waals surface area contributed by atoms with Crippen molar-refractivity contribution < 1.29 is 23.8 Å². The van der Waals surface area contributed by atoms with Crippen LogP contribution in [0.2, 0.25) is 0 Å². The lowest BCUT2D eigenvalue weighted by molar-refractivity contribution is 0.0971. The fourth-order valence-corrected chi connectivity index (χ4v) is 5.07. The molecule has 1 N–H and O–H groups in total. The maximum atomic E-state index is 13.6. The summed E-state index contributed by atoms with van der Waals surface area (Å²) in [7, 11) is 3.11. The summed E-state index contributed by atoms with van der Waals surface area (Å²) in [5.74, 6) is 1.50. The van der Waals surface area contributed by atoms with E-state index in [9.17, 15) is 14.4 Å². The van der Waals surface area contributed by atoms with E-state index in [4.69, 9.17) is 14.2 Å². The molecule has 0 fully saturated rings. The van der Waals surface area contributed by atoms with Gasteiger partial charge in [0.15, 0.2) is 17.3 Å². The van der Waals surface area contributed by atoms with Crippen molar-refractivity contribution in [1.82, 2.24) is 14.5 Å². The number of anilines is 1. The number of fused-ring (bicyclic) bond motifs is 2. The number of carbonyl (C=O) groups is 2. The summed E-state index contributed by atoms with van der Waals surface area (Å²) >= 11 is 0. The number of benzene rings is 2. The van der Waals surface area contributed by atoms with Crippen molar-refractivity contribution in [3.8, 4) is 28.7 Å². The van der Waals surface area contributed by atoms with Crippen molar-refractivity contribution >= 4 is 28.4 Å².